The average molecular weight is 1050 g/mol. The lowest BCUT2D eigenvalue weighted by atomic mass is 9.97. The van der Waals surface area contributed by atoms with Crippen LogP contribution in [-0.2, 0) is 33.3 Å². The quantitative estimate of drug-likeness (QED) is 0.0238. The highest BCUT2D eigenvalue weighted by molar-refractivity contribution is 5.90. The van der Waals surface area contributed by atoms with Crippen molar-refractivity contribution in [3.05, 3.63) is 71.8 Å². The molecule has 3 rings (SSSR count). The van der Waals surface area contributed by atoms with Gasteiger partial charge in [-0.2, -0.15) is 0 Å². The fourth-order valence-electron chi connectivity index (χ4n) is 9.84. The first-order valence-corrected chi connectivity index (χ1v) is 29.4. The van der Waals surface area contributed by atoms with Crippen LogP contribution in [-0.4, -0.2) is 113 Å². The minimum atomic E-state index is -1.79. The minimum absolute atomic E-state index is 0.191. The summed E-state index contributed by atoms with van der Waals surface area (Å²) in [6.07, 6.45) is 22.2. The van der Waals surface area contributed by atoms with Gasteiger partial charge in [-0.05, 0) is 49.9 Å². The molecule has 5 N–H and O–H groups in total. The topological polar surface area (TPSA) is 207 Å². The zero-order chi connectivity index (χ0) is 54.3. The third-order valence-corrected chi connectivity index (χ3v) is 14.4. The number of aliphatic hydroxyl groups excluding tert-OH is 4. The molecule has 2 aromatic carbocycles. The average Bonchev–Trinajstić information content (AvgIpc) is 3.41. The third kappa shape index (κ3) is 27.8. The fraction of sp³-hybridized carbons (Fsp3) is 0.738. The number of benzene rings is 2. The van der Waals surface area contributed by atoms with Crippen molar-refractivity contribution in [1.82, 2.24) is 5.32 Å². The summed E-state index contributed by atoms with van der Waals surface area (Å²) in [5, 5.41) is 45.0. The molecule has 0 unspecified atom stereocenters. The number of hydrogen-bond acceptors (Lipinski definition) is 13. The van der Waals surface area contributed by atoms with E-state index in [0.29, 0.717) is 12.8 Å². The van der Waals surface area contributed by atoms with Crippen LogP contribution in [0.25, 0.3) is 0 Å². The van der Waals surface area contributed by atoms with Crippen LogP contribution in [0.3, 0.4) is 0 Å². The fourth-order valence-corrected chi connectivity index (χ4v) is 9.84. The van der Waals surface area contributed by atoms with E-state index in [0.717, 1.165) is 64.2 Å². The largest absolute Gasteiger partial charge is 0.455 e. The van der Waals surface area contributed by atoms with Crippen molar-refractivity contribution in [3.63, 3.8) is 0 Å². The van der Waals surface area contributed by atoms with Gasteiger partial charge < -0.3 is 49.4 Å². The minimum Gasteiger partial charge on any atom is -0.455 e. The molecule has 75 heavy (non-hydrogen) atoms. The lowest BCUT2D eigenvalue weighted by Gasteiger charge is -2.40. The maximum Gasteiger partial charge on any atom is 0.338 e. The smallest absolute Gasteiger partial charge is 0.338 e. The predicted octanol–water partition coefficient (Wildman–Crippen LogP) is 11.8. The van der Waals surface area contributed by atoms with Crippen LogP contribution < -0.4 is 5.32 Å². The molecular weight excluding hydrogens is 955 g/mol. The number of amides is 1. The predicted molar refractivity (Wildman–Crippen MR) is 293 cm³/mol. The van der Waals surface area contributed by atoms with Crippen molar-refractivity contribution in [3.8, 4) is 0 Å². The van der Waals surface area contributed by atoms with Crippen LogP contribution in [0.15, 0.2) is 60.7 Å². The normalized spacial score (nSPS) is 19.2. The molecule has 2 aromatic rings. The summed E-state index contributed by atoms with van der Waals surface area (Å²) in [7, 11) is 0. The Hall–Kier alpha value is -3.92. The zero-order valence-corrected chi connectivity index (χ0v) is 46.3. The molecular formula is C61H99NO13. The van der Waals surface area contributed by atoms with E-state index in [1.165, 1.54) is 116 Å². The second-order valence-electron chi connectivity index (χ2n) is 20.9. The third-order valence-electron chi connectivity index (χ3n) is 14.4. The van der Waals surface area contributed by atoms with Crippen LogP contribution in [0.1, 0.15) is 241 Å². The van der Waals surface area contributed by atoms with Crippen molar-refractivity contribution < 1.29 is 63.3 Å². The molecule has 426 valence electrons. The van der Waals surface area contributed by atoms with Crippen LogP contribution in [0.2, 0.25) is 0 Å². The molecule has 14 heteroatoms. The number of ether oxygens (including phenoxy) is 5. The lowest BCUT2D eigenvalue weighted by Crippen LogP contribution is -2.61. The second kappa shape index (κ2) is 41.2. The van der Waals surface area contributed by atoms with E-state index in [9.17, 15) is 39.6 Å². The maximum absolute atomic E-state index is 14.5. The van der Waals surface area contributed by atoms with Gasteiger partial charge in [-0.1, -0.05) is 224 Å². The summed E-state index contributed by atoms with van der Waals surface area (Å²) in [5.74, 6) is -2.83. The SMILES string of the molecule is CCCCCCCCCCCCCCCCCCCCCC[C@@H](OC(C)=O)C(=O)N[C@@H](CO[C@H]1O[C@H](CO)[C@H](O)[C@H](O)[C@H]1O)[C@H](OC(=O)c1ccccc1)[C@@H](CCCCCCCCCCC)OC(=O)c1ccccc1. The highest BCUT2D eigenvalue weighted by Crippen LogP contribution is 2.26. The summed E-state index contributed by atoms with van der Waals surface area (Å²) in [6.45, 7) is 4.42. The molecule has 0 radical (unpaired) electrons. The zero-order valence-electron chi connectivity index (χ0n) is 46.3. The van der Waals surface area contributed by atoms with Crippen molar-refractivity contribution in [1.29, 1.82) is 0 Å². The molecule has 1 saturated heterocycles. The molecule has 0 aromatic heterocycles. The molecule has 1 aliphatic heterocycles. The van der Waals surface area contributed by atoms with E-state index in [-0.39, 0.29) is 24.0 Å². The van der Waals surface area contributed by atoms with Crippen molar-refractivity contribution in [2.45, 2.75) is 275 Å². The van der Waals surface area contributed by atoms with Crippen LogP contribution in [0.4, 0.5) is 0 Å². The van der Waals surface area contributed by atoms with E-state index < -0.39 is 92.1 Å². The van der Waals surface area contributed by atoms with Crippen LogP contribution >= 0.6 is 0 Å². The highest BCUT2D eigenvalue weighted by atomic mass is 16.7. The molecule has 14 nitrogen and oxygen atoms in total. The Morgan fingerprint density at radius 3 is 1.33 bits per heavy atom. The number of carbonyl (C=O) groups excluding carboxylic acids is 4. The number of aliphatic hydroxyl groups is 4. The summed E-state index contributed by atoms with van der Waals surface area (Å²) in [5.41, 5.74) is 0.446. The number of carbonyl (C=O) groups is 4. The van der Waals surface area contributed by atoms with E-state index in [2.05, 4.69) is 19.2 Å². The Balaban J connectivity index is 1.75. The van der Waals surface area contributed by atoms with Crippen LogP contribution in [0.5, 0.6) is 0 Å². The van der Waals surface area contributed by atoms with Gasteiger partial charge in [-0.15, -0.1) is 0 Å². The van der Waals surface area contributed by atoms with Gasteiger partial charge >= 0.3 is 17.9 Å². The molecule has 0 spiro atoms. The molecule has 1 fully saturated rings. The van der Waals surface area contributed by atoms with Crippen molar-refractivity contribution in [2.75, 3.05) is 13.2 Å². The Bertz CT molecular complexity index is 1770. The van der Waals surface area contributed by atoms with E-state index >= 15 is 0 Å². The van der Waals surface area contributed by atoms with Gasteiger partial charge in [0.25, 0.3) is 5.91 Å². The number of hydrogen-bond donors (Lipinski definition) is 5. The van der Waals surface area contributed by atoms with Crippen LogP contribution in [0, 0.1) is 0 Å². The van der Waals surface area contributed by atoms with Gasteiger partial charge in [0.1, 0.15) is 30.5 Å². The standard InChI is InChI=1S/C61H99NO13/c1-4-6-8-10-12-14-15-16-17-18-19-20-21-22-23-24-26-28-30-38-44-52(72-47(3)64)58(68)62-50(46-71-61-56(67)55(66)54(65)53(45-63)74-61)57(75-60(70)49-41-35-32-36-42-49)51(73-59(69)48-39-33-31-34-40-48)43-37-29-27-25-13-11-9-7-5-2/h31-36,39-42,50-57,61,63,65-67H,4-30,37-38,43-46H2,1-3H3,(H,62,68)/t50-,51+,52+,53+,54-,55-,56+,57-,61-/m0/s1. The van der Waals surface area contributed by atoms with Crippen molar-refractivity contribution >= 4 is 23.8 Å². The molecule has 1 amide bonds. The molecule has 0 aliphatic carbocycles. The maximum atomic E-state index is 14.5. The molecule has 1 heterocycles. The van der Waals surface area contributed by atoms with Gasteiger partial charge in [0, 0.05) is 6.92 Å². The van der Waals surface area contributed by atoms with Gasteiger partial charge in [0.15, 0.2) is 18.5 Å². The number of unbranched alkanes of at least 4 members (excludes halogenated alkanes) is 27. The number of nitrogens with one attached hydrogen (secondary N) is 1. The number of rotatable bonds is 44. The summed E-state index contributed by atoms with van der Waals surface area (Å²) >= 11 is 0. The van der Waals surface area contributed by atoms with Gasteiger partial charge in [-0.25, -0.2) is 9.59 Å². The summed E-state index contributed by atoms with van der Waals surface area (Å²) in [6, 6.07) is 15.3. The first-order valence-electron chi connectivity index (χ1n) is 29.4. The summed E-state index contributed by atoms with van der Waals surface area (Å²) < 4.78 is 29.9. The summed E-state index contributed by atoms with van der Waals surface area (Å²) in [4.78, 5) is 55.1. The first kappa shape index (κ1) is 65.4. The van der Waals surface area contributed by atoms with Gasteiger partial charge in [-0.3, -0.25) is 9.59 Å². The van der Waals surface area contributed by atoms with E-state index in [1.807, 2.05) is 0 Å². The first-order chi connectivity index (χ1) is 36.5. The number of esters is 3. The Morgan fingerprint density at radius 2 is 0.920 bits per heavy atom. The monoisotopic (exact) mass is 1050 g/mol. The highest BCUT2D eigenvalue weighted by Gasteiger charge is 2.46. The second-order valence-corrected chi connectivity index (χ2v) is 20.9. The molecule has 9 atom stereocenters. The molecule has 1 aliphatic rings. The van der Waals surface area contributed by atoms with E-state index in [1.54, 1.807) is 60.7 Å². The lowest BCUT2D eigenvalue weighted by molar-refractivity contribution is -0.303. The Kier molecular flexibility index (Phi) is 35.9. The molecule has 0 bridgehead atoms. The van der Waals surface area contributed by atoms with Crippen molar-refractivity contribution in [2.24, 2.45) is 0 Å². The Morgan fingerprint density at radius 1 is 0.520 bits per heavy atom. The Labute approximate surface area is 450 Å². The molecule has 0 saturated carbocycles. The van der Waals surface area contributed by atoms with E-state index in [4.69, 9.17) is 23.7 Å². The van der Waals surface area contributed by atoms with Gasteiger partial charge in [0.05, 0.1) is 30.4 Å². The van der Waals surface area contributed by atoms with Gasteiger partial charge in [0.2, 0.25) is 0 Å².